The Hall–Kier alpha value is -2.45. The van der Waals surface area contributed by atoms with Crippen molar-refractivity contribution in [3.63, 3.8) is 0 Å². The van der Waals surface area contributed by atoms with Gasteiger partial charge in [-0.3, -0.25) is 9.78 Å². The smallest absolute Gasteiger partial charge is 0.244 e. The first-order valence-electron chi connectivity index (χ1n) is 12.4. The SMILES string of the molecule is CCOc1ccc(CCC2CCN(C(=O)C3CCN(S(=O)(=O)c4cccnc4)CC3)CC2)cc1. The zero-order valence-corrected chi connectivity index (χ0v) is 20.8. The number of piperidine rings is 2. The molecule has 0 unspecified atom stereocenters. The van der Waals surface area contributed by atoms with Gasteiger partial charge < -0.3 is 9.64 Å². The monoisotopic (exact) mass is 485 g/mol. The van der Waals surface area contributed by atoms with Gasteiger partial charge in [-0.25, -0.2) is 8.42 Å². The Labute approximate surface area is 203 Å². The van der Waals surface area contributed by atoms with Gasteiger partial charge in [-0.15, -0.1) is 0 Å². The number of aryl methyl sites for hydroxylation is 1. The first kappa shape index (κ1) is 24.7. The number of hydrogen-bond donors (Lipinski definition) is 0. The Morgan fingerprint density at radius 1 is 1.03 bits per heavy atom. The Morgan fingerprint density at radius 3 is 2.35 bits per heavy atom. The largest absolute Gasteiger partial charge is 0.494 e. The van der Waals surface area contributed by atoms with E-state index >= 15 is 0 Å². The van der Waals surface area contributed by atoms with Gasteiger partial charge in [-0.05, 0) is 81.2 Å². The van der Waals surface area contributed by atoms with Gasteiger partial charge in [0.1, 0.15) is 10.6 Å². The van der Waals surface area contributed by atoms with E-state index in [-0.39, 0.29) is 16.7 Å². The number of rotatable bonds is 8. The molecule has 0 radical (unpaired) electrons. The van der Waals surface area contributed by atoms with E-state index in [0.717, 1.165) is 44.5 Å². The predicted molar refractivity (Wildman–Crippen MR) is 131 cm³/mol. The molecule has 1 aromatic carbocycles. The van der Waals surface area contributed by atoms with Crippen molar-refractivity contribution in [2.75, 3.05) is 32.8 Å². The molecule has 2 saturated heterocycles. The molecule has 0 bridgehead atoms. The number of pyridine rings is 1. The molecule has 0 atom stereocenters. The van der Waals surface area contributed by atoms with Crippen LogP contribution < -0.4 is 4.74 Å². The molecule has 1 amide bonds. The maximum atomic E-state index is 13.1. The molecule has 2 aromatic rings. The summed E-state index contributed by atoms with van der Waals surface area (Å²) in [7, 11) is -3.54. The lowest BCUT2D eigenvalue weighted by Crippen LogP contribution is -2.46. The third-order valence-corrected chi connectivity index (χ3v) is 8.96. The van der Waals surface area contributed by atoms with Crippen molar-refractivity contribution < 1.29 is 17.9 Å². The van der Waals surface area contributed by atoms with E-state index in [4.69, 9.17) is 4.74 Å². The maximum absolute atomic E-state index is 13.1. The van der Waals surface area contributed by atoms with Gasteiger partial charge in [0.2, 0.25) is 15.9 Å². The highest BCUT2D eigenvalue weighted by atomic mass is 32.2. The maximum Gasteiger partial charge on any atom is 0.244 e. The van der Waals surface area contributed by atoms with Crippen molar-refractivity contribution in [3.8, 4) is 5.75 Å². The number of amides is 1. The van der Waals surface area contributed by atoms with Crippen LogP contribution in [0.25, 0.3) is 0 Å². The summed E-state index contributed by atoms with van der Waals surface area (Å²) in [6.45, 7) is 5.04. The standard InChI is InChI=1S/C26H35N3O4S/c1-2-33-24-9-7-21(8-10-24)5-6-22-11-16-28(17-12-22)26(30)23-13-18-29(19-14-23)34(31,32)25-4-3-15-27-20-25/h3-4,7-10,15,20,22-23H,2,5-6,11-14,16-19H2,1H3. The summed E-state index contributed by atoms with van der Waals surface area (Å²) in [6.07, 6.45) is 8.37. The Morgan fingerprint density at radius 2 is 1.74 bits per heavy atom. The highest BCUT2D eigenvalue weighted by Crippen LogP contribution is 2.28. The number of carbonyl (C=O) groups excluding carboxylic acids is 1. The van der Waals surface area contributed by atoms with Gasteiger partial charge >= 0.3 is 0 Å². The number of nitrogens with zero attached hydrogens (tertiary/aromatic N) is 3. The molecule has 3 heterocycles. The van der Waals surface area contributed by atoms with Crippen LogP contribution in [0, 0.1) is 11.8 Å². The van der Waals surface area contributed by atoms with Gasteiger partial charge in [-0.1, -0.05) is 12.1 Å². The minimum atomic E-state index is -3.54. The summed E-state index contributed by atoms with van der Waals surface area (Å²) < 4.78 is 32.6. The average Bonchev–Trinajstić information content (AvgIpc) is 2.89. The molecule has 4 rings (SSSR count). The summed E-state index contributed by atoms with van der Waals surface area (Å²) >= 11 is 0. The lowest BCUT2D eigenvalue weighted by Gasteiger charge is -2.37. The fourth-order valence-corrected chi connectivity index (χ4v) is 6.42. The lowest BCUT2D eigenvalue weighted by atomic mass is 9.89. The lowest BCUT2D eigenvalue weighted by molar-refractivity contribution is -0.138. The summed E-state index contributed by atoms with van der Waals surface area (Å²) in [5, 5.41) is 0. The van der Waals surface area contributed by atoms with Crippen molar-refractivity contribution in [2.45, 2.75) is 50.3 Å². The number of benzene rings is 1. The van der Waals surface area contributed by atoms with Crippen molar-refractivity contribution in [1.29, 1.82) is 0 Å². The van der Waals surface area contributed by atoms with E-state index in [0.29, 0.717) is 38.5 Å². The number of sulfonamides is 1. The normalized spacial score (nSPS) is 18.7. The quantitative estimate of drug-likeness (QED) is 0.569. The van der Waals surface area contributed by atoms with Crippen LogP contribution in [-0.2, 0) is 21.2 Å². The molecule has 7 nitrogen and oxygen atoms in total. The van der Waals surface area contributed by atoms with Crippen molar-refractivity contribution in [1.82, 2.24) is 14.2 Å². The highest BCUT2D eigenvalue weighted by Gasteiger charge is 2.34. The van der Waals surface area contributed by atoms with Crippen LogP contribution >= 0.6 is 0 Å². The minimum absolute atomic E-state index is 0.0826. The molecule has 8 heteroatoms. The third kappa shape index (κ3) is 5.96. The Bertz CT molecular complexity index is 1030. The number of ether oxygens (including phenoxy) is 1. The number of aromatic nitrogens is 1. The van der Waals surface area contributed by atoms with E-state index in [2.05, 4.69) is 17.1 Å². The van der Waals surface area contributed by atoms with E-state index in [1.54, 1.807) is 18.3 Å². The second kappa shape index (κ2) is 11.3. The molecule has 184 valence electrons. The molecule has 2 aliphatic heterocycles. The molecule has 2 aliphatic rings. The Balaban J connectivity index is 1.20. The zero-order valence-electron chi connectivity index (χ0n) is 19.9. The fourth-order valence-electron chi connectivity index (χ4n) is 4.98. The Kier molecular flexibility index (Phi) is 8.21. The average molecular weight is 486 g/mol. The van der Waals surface area contributed by atoms with Crippen LogP contribution in [-0.4, -0.2) is 61.3 Å². The van der Waals surface area contributed by atoms with Crippen LogP contribution in [0.5, 0.6) is 5.75 Å². The van der Waals surface area contributed by atoms with Gasteiger partial charge in [-0.2, -0.15) is 4.31 Å². The molecule has 1 aromatic heterocycles. The topological polar surface area (TPSA) is 79.8 Å². The molecule has 34 heavy (non-hydrogen) atoms. The van der Waals surface area contributed by atoms with Crippen LogP contribution in [0.4, 0.5) is 0 Å². The zero-order chi connectivity index (χ0) is 24.0. The van der Waals surface area contributed by atoms with E-state index in [1.807, 2.05) is 24.0 Å². The first-order chi connectivity index (χ1) is 16.5. The molecule has 0 aliphatic carbocycles. The second-order valence-electron chi connectivity index (χ2n) is 9.25. The summed E-state index contributed by atoms with van der Waals surface area (Å²) in [5.41, 5.74) is 1.33. The summed E-state index contributed by atoms with van der Waals surface area (Å²) in [6, 6.07) is 11.6. The van der Waals surface area contributed by atoms with Crippen LogP contribution in [0.15, 0.2) is 53.7 Å². The molecular formula is C26H35N3O4S. The molecule has 0 N–H and O–H groups in total. The van der Waals surface area contributed by atoms with E-state index in [1.165, 1.54) is 16.1 Å². The van der Waals surface area contributed by atoms with Crippen molar-refractivity contribution in [2.24, 2.45) is 11.8 Å². The van der Waals surface area contributed by atoms with E-state index < -0.39 is 10.0 Å². The van der Waals surface area contributed by atoms with Crippen molar-refractivity contribution in [3.05, 3.63) is 54.4 Å². The highest BCUT2D eigenvalue weighted by molar-refractivity contribution is 7.89. The summed E-state index contributed by atoms with van der Waals surface area (Å²) in [5.74, 6) is 1.67. The van der Waals surface area contributed by atoms with Gasteiger partial charge in [0.15, 0.2) is 0 Å². The fraction of sp³-hybridized carbons (Fsp3) is 0.538. The predicted octanol–water partition coefficient (Wildman–Crippen LogP) is 3.75. The molecule has 0 saturated carbocycles. The summed E-state index contributed by atoms with van der Waals surface area (Å²) in [4.78, 5) is 19.2. The van der Waals surface area contributed by atoms with Gasteiger partial charge in [0.05, 0.1) is 6.61 Å². The first-order valence-corrected chi connectivity index (χ1v) is 13.8. The van der Waals surface area contributed by atoms with Crippen LogP contribution in [0.2, 0.25) is 0 Å². The van der Waals surface area contributed by atoms with Gasteiger partial charge in [0.25, 0.3) is 0 Å². The molecule has 2 fully saturated rings. The van der Waals surface area contributed by atoms with Crippen LogP contribution in [0.1, 0.15) is 44.6 Å². The van der Waals surface area contributed by atoms with E-state index in [9.17, 15) is 13.2 Å². The third-order valence-electron chi connectivity index (χ3n) is 7.08. The van der Waals surface area contributed by atoms with Crippen molar-refractivity contribution >= 4 is 15.9 Å². The minimum Gasteiger partial charge on any atom is -0.494 e. The second-order valence-corrected chi connectivity index (χ2v) is 11.2. The number of likely N-dealkylation sites (tertiary alicyclic amines) is 1. The number of carbonyl (C=O) groups is 1. The molecular weight excluding hydrogens is 450 g/mol. The number of hydrogen-bond acceptors (Lipinski definition) is 5. The van der Waals surface area contributed by atoms with Crippen LogP contribution in [0.3, 0.4) is 0 Å². The van der Waals surface area contributed by atoms with Gasteiger partial charge in [0, 0.05) is 44.5 Å². The molecule has 0 spiro atoms.